The molecular formula is C25H21FN4O. The highest BCUT2D eigenvalue weighted by Crippen LogP contribution is 2.49. The number of nitrogens with one attached hydrogen (secondary N) is 1. The summed E-state index contributed by atoms with van der Waals surface area (Å²) < 4.78 is 13.8. The molecule has 2 aliphatic rings. The first-order valence-electron chi connectivity index (χ1n) is 10.5. The Bertz CT molecular complexity index is 1230. The summed E-state index contributed by atoms with van der Waals surface area (Å²) >= 11 is 0. The summed E-state index contributed by atoms with van der Waals surface area (Å²) in [6.45, 7) is 0. The van der Waals surface area contributed by atoms with Gasteiger partial charge in [-0.05, 0) is 84.6 Å². The van der Waals surface area contributed by atoms with Crippen LogP contribution in [0.4, 0.5) is 10.2 Å². The molecule has 1 amide bonds. The van der Waals surface area contributed by atoms with Gasteiger partial charge in [0.1, 0.15) is 17.7 Å². The first-order chi connectivity index (χ1) is 15.1. The summed E-state index contributed by atoms with van der Waals surface area (Å²) in [7, 11) is 0. The molecule has 0 radical (unpaired) electrons. The second-order valence-corrected chi connectivity index (χ2v) is 8.47. The second kappa shape index (κ2) is 7.92. The number of hydrogen-bond acceptors (Lipinski definition) is 4. The molecule has 0 spiro atoms. The van der Waals surface area contributed by atoms with Crippen LogP contribution in [-0.4, -0.2) is 15.9 Å². The number of halogens is 1. The Morgan fingerprint density at radius 1 is 1.19 bits per heavy atom. The average molecular weight is 412 g/mol. The van der Waals surface area contributed by atoms with Gasteiger partial charge in [-0.25, -0.2) is 9.37 Å². The monoisotopic (exact) mass is 412 g/mol. The van der Waals surface area contributed by atoms with Crippen molar-refractivity contribution in [2.75, 3.05) is 5.32 Å². The van der Waals surface area contributed by atoms with E-state index in [1.54, 1.807) is 30.5 Å². The van der Waals surface area contributed by atoms with E-state index >= 15 is 0 Å². The lowest BCUT2D eigenvalue weighted by atomic mass is 9.94. The van der Waals surface area contributed by atoms with E-state index in [4.69, 9.17) is 5.26 Å². The number of amides is 1. The summed E-state index contributed by atoms with van der Waals surface area (Å²) in [5.41, 5.74) is 3.61. The molecule has 5 nitrogen and oxygen atoms in total. The molecule has 3 aromatic rings. The summed E-state index contributed by atoms with van der Waals surface area (Å²) in [5, 5.41) is 12.5. The first kappa shape index (κ1) is 19.4. The third-order valence-electron chi connectivity index (χ3n) is 6.43. The van der Waals surface area contributed by atoms with Gasteiger partial charge < -0.3 is 5.32 Å². The molecule has 1 fully saturated rings. The molecule has 1 saturated carbocycles. The number of nitriles is 1. The Morgan fingerprint density at radius 2 is 2.10 bits per heavy atom. The number of hydrogen-bond donors (Lipinski definition) is 1. The van der Waals surface area contributed by atoms with E-state index in [9.17, 15) is 9.18 Å². The minimum absolute atomic E-state index is 0.0398. The number of anilines is 1. The van der Waals surface area contributed by atoms with Gasteiger partial charge in [-0.2, -0.15) is 5.26 Å². The summed E-state index contributed by atoms with van der Waals surface area (Å²) in [6.07, 6.45) is 8.99. The number of carbonyl (C=O) groups excluding carboxylic acids is 1. The number of carbonyl (C=O) groups is 1. The lowest BCUT2D eigenvalue weighted by Crippen LogP contribution is -2.16. The van der Waals surface area contributed by atoms with Crippen molar-refractivity contribution < 1.29 is 9.18 Å². The normalized spacial score (nSPS) is 22.1. The van der Waals surface area contributed by atoms with Crippen molar-refractivity contribution in [2.24, 2.45) is 17.8 Å². The second-order valence-electron chi connectivity index (χ2n) is 8.47. The lowest BCUT2D eigenvalue weighted by molar-refractivity contribution is -0.117. The van der Waals surface area contributed by atoms with Gasteiger partial charge in [-0.1, -0.05) is 6.08 Å². The standard InChI is InChI=1S/C25H21FN4O/c26-20-2-3-23-22(12-20)21(5-6-28-23)19-10-17-7-16(8-18(17)11-19)9-25(31)30-24-4-1-15(13-27)14-29-24/h1-6,10,12,14,16-18H,7-9,11H2,(H,29,30,31)/t16-,17-,18+/m0/s1. The molecule has 2 heterocycles. The predicted molar refractivity (Wildman–Crippen MR) is 116 cm³/mol. The summed E-state index contributed by atoms with van der Waals surface area (Å²) in [4.78, 5) is 20.9. The summed E-state index contributed by atoms with van der Waals surface area (Å²) in [6, 6.07) is 12.0. The van der Waals surface area contributed by atoms with E-state index in [2.05, 4.69) is 21.4 Å². The van der Waals surface area contributed by atoms with Crippen LogP contribution in [0.3, 0.4) is 0 Å². The topological polar surface area (TPSA) is 78.7 Å². The van der Waals surface area contributed by atoms with Crippen LogP contribution in [0.2, 0.25) is 0 Å². The van der Waals surface area contributed by atoms with Crippen LogP contribution < -0.4 is 5.32 Å². The van der Waals surface area contributed by atoms with Crippen molar-refractivity contribution in [2.45, 2.75) is 25.7 Å². The molecule has 31 heavy (non-hydrogen) atoms. The van der Waals surface area contributed by atoms with Gasteiger partial charge in [-0.15, -0.1) is 0 Å². The number of rotatable bonds is 4. The van der Waals surface area contributed by atoms with Crippen molar-refractivity contribution in [1.29, 1.82) is 5.26 Å². The highest BCUT2D eigenvalue weighted by molar-refractivity contribution is 5.92. The fourth-order valence-corrected chi connectivity index (χ4v) is 5.08. The van der Waals surface area contributed by atoms with Gasteiger partial charge in [0.25, 0.3) is 0 Å². The van der Waals surface area contributed by atoms with Gasteiger partial charge >= 0.3 is 0 Å². The van der Waals surface area contributed by atoms with Crippen LogP contribution in [0, 0.1) is 34.9 Å². The van der Waals surface area contributed by atoms with Crippen LogP contribution in [0.25, 0.3) is 16.5 Å². The van der Waals surface area contributed by atoms with Crippen molar-refractivity contribution in [3.05, 3.63) is 71.8 Å². The maximum atomic E-state index is 13.8. The average Bonchev–Trinajstić information content (AvgIpc) is 3.32. The SMILES string of the molecule is N#Cc1ccc(NC(=O)C[C@@H]2C[C@@H]3CC(c4ccnc5ccc(F)cc45)=C[C@@H]3C2)nc1. The number of pyridine rings is 2. The van der Waals surface area contributed by atoms with Gasteiger partial charge in [0.05, 0.1) is 11.1 Å². The van der Waals surface area contributed by atoms with Gasteiger partial charge in [-0.3, -0.25) is 9.78 Å². The smallest absolute Gasteiger partial charge is 0.225 e. The number of aromatic nitrogens is 2. The summed E-state index contributed by atoms with van der Waals surface area (Å²) in [5.74, 6) is 1.51. The Labute approximate surface area is 179 Å². The highest BCUT2D eigenvalue weighted by atomic mass is 19.1. The quantitative estimate of drug-likeness (QED) is 0.647. The Hall–Kier alpha value is -3.59. The predicted octanol–water partition coefficient (Wildman–Crippen LogP) is 5.10. The number of nitrogens with zero attached hydrogens (tertiary/aromatic N) is 3. The largest absolute Gasteiger partial charge is 0.311 e. The van der Waals surface area contributed by atoms with Crippen LogP contribution in [0.15, 0.2) is 54.9 Å². The molecule has 3 atom stereocenters. The molecule has 0 bridgehead atoms. The molecule has 2 aromatic heterocycles. The third-order valence-corrected chi connectivity index (χ3v) is 6.43. The molecular weight excluding hydrogens is 391 g/mol. The van der Waals surface area contributed by atoms with Crippen molar-refractivity contribution in [3.63, 3.8) is 0 Å². The van der Waals surface area contributed by atoms with E-state index < -0.39 is 0 Å². The van der Waals surface area contributed by atoms with E-state index in [1.807, 2.05) is 12.1 Å². The molecule has 2 aliphatic carbocycles. The van der Waals surface area contributed by atoms with E-state index in [0.717, 1.165) is 35.7 Å². The molecule has 154 valence electrons. The molecule has 6 heteroatoms. The maximum Gasteiger partial charge on any atom is 0.225 e. The zero-order chi connectivity index (χ0) is 21.4. The fourth-order valence-electron chi connectivity index (χ4n) is 5.08. The van der Waals surface area contributed by atoms with Crippen LogP contribution in [0.5, 0.6) is 0 Å². The maximum absolute atomic E-state index is 13.8. The highest BCUT2D eigenvalue weighted by Gasteiger charge is 2.38. The number of benzene rings is 1. The Kier molecular flexibility index (Phi) is 4.95. The molecule has 5 rings (SSSR count). The zero-order valence-corrected chi connectivity index (χ0v) is 16.9. The first-order valence-corrected chi connectivity index (χ1v) is 10.5. The molecule has 1 N–H and O–H groups in total. The van der Waals surface area contributed by atoms with E-state index in [-0.39, 0.29) is 11.7 Å². The van der Waals surface area contributed by atoms with Crippen molar-refractivity contribution in [1.82, 2.24) is 9.97 Å². The Morgan fingerprint density at radius 3 is 2.87 bits per heavy atom. The van der Waals surface area contributed by atoms with E-state index in [0.29, 0.717) is 35.6 Å². The van der Waals surface area contributed by atoms with Gasteiger partial charge in [0, 0.05) is 24.2 Å². The van der Waals surface area contributed by atoms with Crippen molar-refractivity contribution >= 4 is 28.2 Å². The minimum atomic E-state index is -0.247. The molecule has 0 unspecified atom stereocenters. The van der Waals surface area contributed by atoms with Crippen molar-refractivity contribution in [3.8, 4) is 6.07 Å². The lowest BCUT2D eigenvalue weighted by Gasteiger charge is -2.13. The minimum Gasteiger partial charge on any atom is -0.311 e. The number of allylic oxidation sites excluding steroid dienone is 2. The number of fused-ring (bicyclic) bond motifs is 2. The zero-order valence-electron chi connectivity index (χ0n) is 16.9. The Balaban J connectivity index is 1.24. The third kappa shape index (κ3) is 3.91. The van der Waals surface area contributed by atoms with Crippen LogP contribution >= 0.6 is 0 Å². The van der Waals surface area contributed by atoms with Gasteiger partial charge in [0.2, 0.25) is 5.91 Å². The molecule has 1 aromatic carbocycles. The molecule has 0 aliphatic heterocycles. The van der Waals surface area contributed by atoms with Crippen LogP contribution in [-0.2, 0) is 4.79 Å². The van der Waals surface area contributed by atoms with E-state index in [1.165, 1.54) is 17.8 Å². The molecule has 0 saturated heterocycles. The van der Waals surface area contributed by atoms with Gasteiger partial charge in [0.15, 0.2) is 0 Å². The fraction of sp³-hybridized carbons (Fsp3) is 0.280. The van der Waals surface area contributed by atoms with Crippen LogP contribution in [0.1, 0.15) is 36.8 Å².